The van der Waals surface area contributed by atoms with Gasteiger partial charge in [0.1, 0.15) is 11.4 Å². The fraction of sp³-hybridized carbons (Fsp3) is 0.150. The van der Waals surface area contributed by atoms with Gasteiger partial charge in [-0.25, -0.2) is 5.43 Å². The summed E-state index contributed by atoms with van der Waals surface area (Å²) in [6, 6.07) is 18.9. The standard InChI is InChI=1S/C20H20N4O2/c1-3-26-17-11-7-10-16(12-17)18-13-19(23-22-18)20(25)24-21-14(2)15-8-5-4-6-9-15/h4-13H,3H2,1-2H3,(H,22,23)(H,24,25)/b21-14-. The molecule has 3 rings (SSSR count). The second-order valence-electron chi connectivity index (χ2n) is 5.63. The molecule has 0 spiro atoms. The highest BCUT2D eigenvalue weighted by molar-refractivity contribution is 6.00. The van der Waals surface area contributed by atoms with Gasteiger partial charge >= 0.3 is 0 Å². The smallest absolute Gasteiger partial charge is 0.289 e. The molecule has 0 atom stereocenters. The van der Waals surface area contributed by atoms with Crippen molar-refractivity contribution < 1.29 is 9.53 Å². The molecule has 6 nitrogen and oxygen atoms in total. The largest absolute Gasteiger partial charge is 0.494 e. The number of hydrazone groups is 1. The first-order chi connectivity index (χ1) is 12.7. The molecule has 6 heteroatoms. The number of nitrogens with zero attached hydrogens (tertiary/aromatic N) is 2. The Kier molecular flexibility index (Phi) is 5.43. The van der Waals surface area contributed by atoms with Gasteiger partial charge in [0.05, 0.1) is 18.0 Å². The van der Waals surface area contributed by atoms with Crippen molar-refractivity contribution in [1.29, 1.82) is 0 Å². The maximum atomic E-state index is 12.3. The quantitative estimate of drug-likeness (QED) is 0.527. The van der Waals surface area contributed by atoms with E-state index in [4.69, 9.17) is 4.74 Å². The Balaban J connectivity index is 1.71. The molecule has 0 aliphatic rings. The molecule has 2 aromatic carbocycles. The number of ether oxygens (including phenoxy) is 1. The van der Waals surface area contributed by atoms with E-state index in [1.165, 1.54) is 0 Å². The summed E-state index contributed by atoms with van der Waals surface area (Å²) in [5.41, 5.74) is 6.10. The minimum absolute atomic E-state index is 0.339. The molecule has 1 aromatic heterocycles. The monoisotopic (exact) mass is 348 g/mol. The van der Waals surface area contributed by atoms with Gasteiger partial charge in [-0.3, -0.25) is 9.89 Å². The van der Waals surface area contributed by atoms with Crippen molar-refractivity contribution in [2.24, 2.45) is 5.10 Å². The number of amides is 1. The first-order valence-electron chi connectivity index (χ1n) is 8.36. The van der Waals surface area contributed by atoms with Crippen LogP contribution < -0.4 is 10.2 Å². The molecule has 0 unspecified atom stereocenters. The lowest BCUT2D eigenvalue weighted by atomic mass is 10.1. The van der Waals surface area contributed by atoms with Crippen LogP contribution in [0.5, 0.6) is 5.75 Å². The minimum atomic E-state index is -0.347. The van der Waals surface area contributed by atoms with Gasteiger partial charge in [0, 0.05) is 5.56 Å². The Morgan fingerprint density at radius 2 is 1.96 bits per heavy atom. The molecule has 1 heterocycles. The van der Waals surface area contributed by atoms with E-state index in [-0.39, 0.29) is 5.91 Å². The van der Waals surface area contributed by atoms with E-state index < -0.39 is 0 Å². The Labute approximate surface area is 151 Å². The van der Waals surface area contributed by atoms with Crippen LogP contribution in [0, 0.1) is 0 Å². The predicted molar refractivity (Wildman–Crippen MR) is 101 cm³/mol. The Morgan fingerprint density at radius 1 is 1.15 bits per heavy atom. The number of H-pyrrole nitrogens is 1. The van der Waals surface area contributed by atoms with Crippen LogP contribution in [0.1, 0.15) is 29.9 Å². The van der Waals surface area contributed by atoms with Crippen LogP contribution in [0.3, 0.4) is 0 Å². The molecule has 0 saturated carbocycles. The van der Waals surface area contributed by atoms with Crippen LogP contribution in [-0.4, -0.2) is 28.4 Å². The van der Waals surface area contributed by atoms with Gasteiger partial charge in [-0.15, -0.1) is 0 Å². The number of nitrogens with one attached hydrogen (secondary N) is 2. The number of benzene rings is 2. The lowest BCUT2D eigenvalue weighted by Crippen LogP contribution is -2.19. The molecule has 132 valence electrons. The number of aromatic nitrogens is 2. The van der Waals surface area contributed by atoms with Crippen molar-refractivity contribution in [3.63, 3.8) is 0 Å². The number of rotatable bonds is 6. The summed E-state index contributed by atoms with van der Waals surface area (Å²) in [5, 5.41) is 11.1. The summed E-state index contributed by atoms with van der Waals surface area (Å²) in [5.74, 6) is 0.419. The van der Waals surface area contributed by atoms with Crippen molar-refractivity contribution >= 4 is 11.6 Å². The summed E-state index contributed by atoms with van der Waals surface area (Å²) in [6.07, 6.45) is 0. The second-order valence-corrected chi connectivity index (χ2v) is 5.63. The molecule has 0 saturated heterocycles. The fourth-order valence-electron chi connectivity index (χ4n) is 2.44. The van der Waals surface area contributed by atoms with Gasteiger partial charge in [0.25, 0.3) is 5.91 Å². The lowest BCUT2D eigenvalue weighted by Gasteiger charge is -2.03. The molecule has 26 heavy (non-hydrogen) atoms. The maximum Gasteiger partial charge on any atom is 0.289 e. The van der Waals surface area contributed by atoms with Gasteiger partial charge < -0.3 is 4.74 Å². The summed E-state index contributed by atoms with van der Waals surface area (Å²) >= 11 is 0. The molecule has 0 aliphatic carbocycles. The number of carbonyl (C=O) groups excluding carboxylic acids is 1. The number of carbonyl (C=O) groups is 1. The van der Waals surface area contributed by atoms with E-state index in [0.717, 1.165) is 22.6 Å². The molecule has 0 fully saturated rings. The highest BCUT2D eigenvalue weighted by Crippen LogP contribution is 2.22. The zero-order valence-corrected chi connectivity index (χ0v) is 14.7. The molecule has 0 aliphatic heterocycles. The zero-order valence-electron chi connectivity index (χ0n) is 14.7. The molecular weight excluding hydrogens is 328 g/mol. The van der Waals surface area contributed by atoms with Crippen LogP contribution in [-0.2, 0) is 0 Å². The SMILES string of the molecule is CCOc1cccc(-c2cc(C(=O)N/N=C(/C)c3ccccc3)[nH]n2)c1. The summed E-state index contributed by atoms with van der Waals surface area (Å²) in [4.78, 5) is 12.3. The van der Waals surface area contributed by atoms with E-state index in [9.17, 15) is 4.79 Å². The third kappa shape index (κ3) is 4.16. The normalized spacial score (nSPS) is 11.2. The summed E-state index contributed by atoms with van der Waals surface area (Å²) in [7, 11) is 0. The van der Waals surface area contributed by atoms with Crippen molar-refractivity contribution in [3.05, 3.63) is 71.9 Å². The van der Waals surface area contributed by atoms with E-state index >= 15 is 0 Å². The van der Waals surface area contributed by atoms with Gasteiger partial charge in [-0.2, -0.15) is 10.2 Å². The molecule has 0 bridgehead atoms. The molecule has 0 radical (unpaired) electrons. The highest BCUT2D eigenvalue weighted by atomic mass is 16.5. The first kappa shape index (κ1) is 17.4. The van der Waals surface area contributed by atoms with Gasteiger partial charge in [0.15, 0.2) is 0 Å². The predicted octanol–water partition coefficient (Wildman–Crippen LogP) is 3.63. The Morgan fingerprint density at radius 3 is 2.73 bits per heavy atom. The van der Waals surface area contributed by atoms with Crippen LogP contribution in [0.4, 0.5) is 0 Å². The Hall–Kier alpha value is -3.41. The van der Waals surface area contributed by atoms with E-state index in [2.05, 4.69) is 20.7 Å². The van der Waals surface area contributed by atoms with Crippen LogP contribution in [0.15, 0.2) is 65.8 Å². The average molecular weight is 348 g/mol. The zero-order chi connectivity index (χ0) is 18.4. The fourth-order valence-corrected chi connectivity index (χ4v) is 2.44. The van der Waals surface area contributed by atoms with Crippen molar-refractivity contribution in [2.45, 2.75) is 13.8 Å². The average Bonchev–Trinajstić information content (AvgIpc) is 3.17. The minimum Gasteiger partial charge on any atom is -0.494 e. The molecule has 3 aromatic rings. The molecule has 2 N–H and O–H groups in total. The molecule has 1 amide bonds. The van der Waals surface area contributed by atoms with Crippen LogP contribution in [0.25, 0.3) is 11.3 Å². The summed E-state index contributed by atoms with van der Waals surface area (Å²) in [6.45, 7) is 4.37. The second kappa shape index (κ2) is 8.11. The first-order valence-corrected chi connectivity index (χ1v) is 8.36. The third-order valence-electron chi connectivity index (χ3n) is 3.78. The number of hydrogen-bond acceptors (Lipinski definition) is 4. The van der Waals surface area contributed by atoms with E-state index in [1.54, 1.807) is 6.07 Å². The third-order valence-corrected chi connectivity index (χ3v) is 3.78. The highest BCUT2D eigenvalue weighted by Gasteiger charge is 2.11. The number of aromatic amines is 1. The van der Waals surface area contributed by atoms with E-state index in [0.29, 0.717) is 18.0 Å². The maximum absolute atomic E-state index is 12.3. The van der Waals surface area contributed by atoms with E-state index in [1.807, 2.05) is 68.4 Å². The van der Waals surface area contributed by atoms with Crippen LogP contribution in [0.2, 0.25) is 0 Å². The number of hydrogen-bond donors (Lipinski definition) is 2. The van der Waals surface area contributed by atoms with Crippen molar-refractivity contribution in [1.82, 2.24) is 15.6 Å². The topological polar surface area (TPSA) is 79.4 Å². The summed E-state index contributed by atoms with van der Waals surface area (Å²) < 4.78 is 5.49. The van der Waals surface area contributed by atoms with Gasteiger partial charge in [-0.1, -0.05) is 42.5 Å². The Bertz CT molecular complexity index is 916. The van der Waals surface area contributed by atoms with Crippen molar-refractivity contribution in [2.75, 3.05) is 6.61 Å². The van der Waals surface area contributed by atoms with Crippen molar-refractivity contribution in [3.8, 4) is 17.0 Å². The lowest BCUT2D eigenvalue weighted by molar-refractivity contribution is 0.0950. The molecular formula is C20H20N4O2. The van der Waals surface area contributed by atoms with Crippen LogP contribution >= 0.6 is 0 Å². The van der Waals surface area contributed by atoms with Gasteiger partial charge in [-0.05, 0) is 37.6 Å². The van der Waals surface area contributed by atoms with Gasteiger partial charge in [0.2, 0.25) is 0 Å².